The van der Waals surface area contributed by atoms with E-state index in [1.54, 1.807) is 66.9 Å². The van der Waals surface area contributed by atoms with Crippen molar-refractivity contribution in [2.45, 2.75) is 83.2 Å². The minimum Gasteiger partial charge on any atom is -0.368 e. The molecule has 0 radical (unpaired) electrons. The van der Waals surface area contributed by atoms with Crippen molar-refractivity contribution >= 4 is 38.6 Å². The molecule has 3 amide bonds. The number of nitrogens with one attached hydrogen (secondary N) is 1. The summed E-state index contributed by atoms with van der Waals surface area (Å²) in [5.74, 6) is -2.46. The number of benzene rings is 4. The lowest BCUT2D eigenvalue weighted by Gasteiger charge is -2.36. The van der Waals surface area contributed by atoms with Crippen molar-refractivity contribution in [1.29, 1.82) is 0 Å². The molecular formula is C45H49N5O6S. The number of hydrogen-bond donors (Lipinski definition) is 2. The number of amides is 3. The predicted octanol–water partition coefficient (Wildman–Crippen LogP) is 7.68. The van der Waals surface area contributed by atoms with E-state index in [1.807, 2.05) is 71.9 Å². The number of primary amides is 1. The van der Waals surface area contributed by atoms with Gasteiger partial charge in [-0.25, -0.2) is 12.7 Å². The smallest absolute Gasteiger partial charge is 0.267 e. The van der Waals surface area contributed by atoms with Crippen LogP contribution in [0.4, 0.5) is 0 Å². The normalized spacial score (nSPS) is 12.9. The van der Waals surface area contributed by atoms with Gasteiger partial charge in [0.25, 0.3) is 21.8 Å². The quantitative estimate of drug-likeness (QED) is 0.115. The average Bonchev–Trinajstić information content (AvgIpc) is 3.86. The zero-order chi connectivity index (χ0) is 41.2. The summed E-state index contributed by atoms with van der Waals surface area (Å²) in [6, 6.07) is 23.9. The van der Waals surface area contributed by atoms with Crippen LogP contribution >= 0.6 is 0 Å². The highest BCUT2D eigenvalue weighted by molar-refractivity contribution is 7.89. The SMILES string of the molecule is Cc1cc(C)cc(C(=O)N(C)[C@@H](Cc2ccc(-c3ccno3)cc2)C(=O)N([C@@H](Cc2c[nH]c3ccccc23)C(N)=O)S(=O)(=O)c2c(C(C)C)cccc2C(C)C)c1. The molecule has 12 heteroatoms. The number of H-pyrrole nitrogens is 1. The maximum atomic E-state index is 15.6. The van der Waals surface area contributed by atoms with Gasteiger partial charge in [0.05, 0.1) is 11.1 Å². The summed E-state index contributed by atoms with van der Waals surface area (Å²) in [7, 11) is -3.36. The molecule has 0 aliphatic heterocycles. The van der Waals surface area contributed by atoms with Crippen LogP contribution in [0, 0.1) is 13.8 Å². The molecule has 0 aliphatic carbocycles. The van der Waals surface area contributed by atoms with E-state index < -0.39 is 39.8 Å². The van der Waals surface area contributed by atoms with E-state index in [4.69, 9.17) is 10.3 Å². The number of para-hydroxylation sites is 1. The molecular weight excluding hydrogens is 739 g/mol. The summed E-state index contributed by atoms with van der Waals surface area (Å²) < 4.78 is 37.2. The van der Waals surface area contributed by atoms with Gasteiger partial charge in [0.15, 0.2) is 5.76 Å². The number of nitrogens with two attached hydrogens (primary N) is 1. The summed E-state index contributed by atoms with van der Waals surface area (Å²) in [6.45, 7) is 11.3. The second-order valence-electron chi connectivity index (χ2n) is 15.3. The Hall–Kier alpha value is -6.01. The first-order valence-electron chi connectivity index (χ1n) is 19.0. The Morgan fingerprint density at radius 2 is 1.44 bits per heavy atom. The number of rotatable bonds is 14. The van der Waals surface area contributed by atoms with Crippen LogP contribution in [0.1, 0.15) is 83.3 Å². The Morgan fingerprint density at radius 3 is 2.02 bits per heavy atom. The van der Waals surface area contributed by atoms with Gasteiger partial charge in [-0.05, 0) is 66.1 Å². The third-order valence-electron chi connectivity index (χ3n) is 10.4. The van der Waals surface area contributed by atoms with Crippen molar-refractivity contribution in [3.8, 4) is 11.3 Å². The monoisotopic (exact) mass is 787 g/mol. The van der Waals surface area contributed by atoms with E-state index in [9.17, 15) is 9.59 Å². The molecule has 0 saturated heterocycles. The highest BCUT2D eigenvalue weighted by Crippen LogP contribution is 2.36. The van der Waals surface area contributed by atoms with Crippen LogP contribution in [-0.4, -0.2) is 64.6 Å². The topological polar surface area (TPSA) is 160 Å². The number of carbonyl (C=O) groups excluding carboxylic acids is 3. The zero-order valence-corrected chi connectivity index (χ0v) is 34.1. The van der Waals surface area contributed by atoms with Gasteiger partial charge >= 0.3 is 0 Å². The maximum absolute atomic E-state index is 15.6. The number of nitrogens with zero attached hydrogens (tertiary/aromatic N) is 3. The number of aryl methyl sites for hydroxylation is 2. The molecule has 0 fully saturated rings. The van der Waals surface area contributed by atoms with E-state index in [0.29, 0.717) is 37.9 Å². The van der Waals surface area contributed by atoms with Crippen LogP contribution in [0.25, 0.3) is 22.2 Å². The van der Waals surface area contributed by atoms with Gasteiger partial charge in [0.1, 0.15) is 12.1 Å². The Balaban J connectivity index is 1.56. The molecule has 0 bridgehead atoms. The molecule has 296 valence electrons. The second kappa shape index (κ2) is 16.6. The van der Waals surface area contributed by atoms with Crippen LogP contribution in [-0.2, 0) is 32.5 Å². The van der Waals surface area contributed by atoms with Gasteiger partial charge in [0.2, 0.25) is 5.91 Å². The minimum atomic E-state index is -4.85. The summed E-state index contributed by atoms with van der Waals surface area (Å²) in [5.41, 5.74) is 11.9. The first-order chi connectivity index (χ1) is 27.1. The maximum Gasteiger partial charge on any atom is 0.267 e. The van der Waals surface area contributed by atoms with E-state index in [1.165, 1.54) is 18.1 Å². The number of hydrogen-bond acceptors (Lipinski definition) is 7. The van der Waals surface area contributed by atoms with Crippen LogP contribution in [0.3, 0.4) is 0 Å². The van der Waals surface area contributed by atoms with Crippen molar-refractivity contribution < 1.29 is 27.3 Å². The van der Waals surface area contributed by atoms with Gasteiger partial charge in [-0.2, -0.15) is 0 Å². The molecule has 2 aromatic heterocycles. The highest BCUT2D eigenvalue weighted by Gasteiger charge is 2.45. The Morgan fingerprint density at radius 1 is 0.807 bits per heavy atom. The Kier molecular flexibility index (Phi) is 11.8. The third-order valence-corrected chi connectivity index (χ3v) is 12.3. The van der Waals surface area contributed by atoms with Gasteiger partial charge < -0.3 is 20.1 Å². The summed E-state index contributed by atoms with van der Waals surface area (Å²) in [6.07, 6.45) is 2.93. The van der Waals surface area contributed by atoms with E-state index in [2.05, 4.69) is 10.1 Å². The number of sulfonamides is 1. The molecule has 0 spiro atoms. The minimum absolute atomic E-state index is 0.0491. The molecule has 4 aromatic carbocycles. The van der Waals surface area contributed by atoms with Crippen LogP contribution in [0.15, 0.2) is 113 Å². The lowest BCUT2D eigenvalue weighted by molar-refractivity contribution is -0.137. The molecule has 3 N–H and O–H groups in total. The standard InChI is InChI=1S/C45H49N5O6S/c1-27(2)35-12-10-13-36(28(3)4)42(35)57(54,55)50(39(43(46)51)25-34-26-47-38-14-9-8-11-37(34)38)45(53)40(49(7)44(52)33-22-29(5)21-30(6)23-33)24-31-15-17-32(18-16-31)41-19-20-48-56-41/h8-23,26-28,39-40,47H,24-25H2,1-7H3,(H2,46,51)/t39-,40-/m0/s1. The molecule has 0 unspecified atom stereocenters. The lowest BCUT2D eigenvalue weighted by Crippen LogP contribution is -2.58. The first kappa shape index (κ1) is 40.6. The van der Waals surface area contributed by atoms with Gasteiger partial charge in [-0.3, -0.25) is 14.4 Å². The molecule has 2 atom stereocenters. The fraction of sp³-hybridized carbons (Fsp3) is 0.289. The molecule has 0 aliphatic rings. The second-order valence-corrected chi connectivity index (χ2v) is 17.0. The Labute approximate surface area is 333 Å². The predicted molar refractivity (Wildman–Crippen MR) is 221 cm³/mol. The van der Waals surface area contributed by atoms with Crippen molar-refractivity contribution in [2.75, 3.05) is 7.05 Å². The lowest BCUT2D eigenvalue weighted by atomic mass is 9.95. The van der Waals surface area contributed by atoms with Crippen molar-refractivity contribution in [1.82, 2.24) is 19.3 Å². The fourth-order valence-corrected chi connectivity index (χ4v) is 9.77. The van der Waals surface area contributed by atoms with E-state index >= 15 is 13.2 Å². The van der Waals surface area contributed by atoms with Crippen molar-refractivity contribution in [3.05, 3.63) is 142 Å². The molecule has 57 heavy (non-hydrogen) atoms. The average molecular weight is 788 g/mol. The molecule has 0 saturated carbocycles. The number of aromatic amines is 1. The summed E-state index contributed by atoms with van der Waals surface area (Å²) in [4.78, 5) is 48.3. The van der Waals surface area contributed by atoms with Gasteiger partial charge in [-0.1, -0.05) is 111 Å². The molecule has 11 nitrogen and oxygen atoms in total. The van der Waals surface area contributed by atoms with Gasteiger partial charge in [0, 0.05) is 54.2 Å². The van der Waals surface area contributed by atoms with E-state index in [-0.39, 0.29) is 29.6 Å². The molecule has 6 aromatic rings. The van der Waals surface area contributed by atoms with Crippen molar-refractivity contribution in [2.24, 2.45) is 5.73 Å². The fourth-order valence-electron chi connectivity index (χ4n) is 7.50. The molecule has 6 rings (SSSR count). The van der Waals surface area contributed by atoms with Crippen LogP contribution in [0.5, 0.6) is 0 Å². The highest BCUT2D eigenvalue weighted by atomic mass is 32.2. The van der Waals surface area contributed by atoms with Crippen molar-refractivity contribution in [3.63, 3.8) is 0 Å². The molecule has 2 heterocycles. The Bertz CT molecular complexity index is 2480. The first-order valence-corrected chi connectivity index (χ1v) is 20.4. The zero-order valence-electron chi connectivity index (χ0n) is 33.3. The van der Waals surface area contributed by atoms with Crippen LogP contribution in [0.2, 0.25) is 0 Å². The van der Waals surface area contributed by atoms with Crippen LogP contribution < -0.4 is 5.73 Å². The summed E-state index contributed by atoms with van der Waals surface area (Å²) >= 11 is 0. The van der Waals surface area contributed by atoms with Gasteiger partial charge in [-0.15, -0.1) is 0 Å². The number of fused-ring (bicyclic) bond motifs is 1. The largest absolute Gasteiger partial charge is 0.368 e. The number of likely N-dealkylation sites (N-methyl/N-ethyl adjacent to an activating group) is 1. The third kappa shape index (κ3) is 8.41. The number of carbonyl (C=O) groups is 3. The van der Waals surface area contributed by atoms with E-state index in [0.717, 1.165) is 27.6 Å². The summed E-state index contributed by atoms with van der Waals surface area (Å²) in [5, 5.41) is 4.54. The number of aromatic nitrogens is 2.